The van der Waals surface area contributed by atoms with Crippen molar-refractivity contribution in [2.75, 3.05) is 11.9 Å². The molecule has 0 spiro atoms. The van der Waals surface area contributed by atoms with Crippen LogP contribution in [0.25, 0.3) is 0 Å². The zero-order valence-electron chi connectivity index (χ0n) is 12.8. The zero-order chi connectivity index (χ0) is 16.3. The first-order chi connectivity index (χ1) is 10.3. The van der Waals surface area contributed by atoms with Gasteiger partial charge in [0.1, 0.15) is 5.60 Å². The Morgan fingerprint density at radius 3 is 2.82 bits per heavy atom. The molecule has 2 aromatic rings. The summed E-state index contributed by atoms with van der Waals surface area (Å²) >= 11 is 0. The van der Waals surface area contributed by atoms with Crippen LogP contribution in [0.5, 0.6) is 0 Å². The monoisotopic (exact) mass is 298 g/mol. The molecule has 114 valence electrons. The Morgan fingerprint density at radius 2 is 2.27 bits per heavy atom. The lowest BCUT2D eigenvalue weighted by atomic mass is 9.99. The van der Waals surface area contributed by atoms with E-state index in [9.17, 15) is 9.90 Å². The van der Waals surface area contributed by atoms with Crippen LogP contribution in [-0.4, -0.2) is 27.2 Å². The summed E-state index contributed by atoms with van der Waals surface area (Å²) < 4.78 is 1.61. The van der Waals surface area contributed by atoms with Crippen molar-refractivity contribution in [2.24, 2.45) is 7.05 Å². The van der Waals surface area contributed by atoms with E-state index in [0.29, 0.717) is 22.4 Å². The number of benzene rings is 1. The molecule has 6 nitrogen and oxygen atoms in total. The van der Waals surface area contributed by atoms with Crippen molar-refractivity contribution in [2.45, 2.75) is 19.4 Å². The molecular weight excluding hydrogens is 280 g/mol. The Bertz CT molecular complexity index is 741. The molecule has 1 unspecified atom stereocenters. The van der Waals surface area contributed by atoms with Gasteiger partial charge in [0.2, 0.25) is 0 Å². The molecule has 1 aromatic heterocycles. The molecule has 1 heterocycles. The van der Waals surface area contributed by atoms with Gasteiger partial charge in [-0.25, -0.2) is 0 Å². The Kier molecular flexibility index (Phi) is 4.29. The van der Waals surface area contributed by atoms with Crippen molar-refractivity contribution in [3.63, 3.8) is 0 Å². The van der Waals surface area contributed by atoms with Gasteiger partial charge in [0.25, 0.3) is 0 Å². The Balaban J connectivity index is 2.23. The van der Waals surface area contributed by atoms with Crippen molar-refractivity contribution >= 4 is 11.5 Å². The summed E-state index contributed by atoms with van der Waals surface area (Å²) in [6.07, 6.45) is 3.33. The second kappa shape index (κ2) is 6.00. The Hall–Kier alpha value is -2.65. The maximum Gasteiger partial charge on any atom is 0.161 e. The van der Waals surface area contributed by atoms with Gasteiger partial charge in [0.15, 0.2) is 5.78 Å². The van der Waals surface area contributed by atoms with Crippen LogP contribution >= 0.6 is 0 Å². The third-order valence-electron chi connectivity index (χ3n) is 3.48. The van der Waals surface area contributed by atoms with Crippen LogP contribution in [0.15, 0.2) is 30.6 Å². The molecule has 0 saturated carbocycles. The van der Waals surface area contributed by atoms with Gasteiger partial charge in [0, 0.05) is 36.6 Å². The molecule has 2 rings (SSSR count). The van der Waals surface area contributed by atoms with Crippen LogP contribution < -0.4 is 5.32 Å². The second-order valence-corrected chi connectivity index (χ2v) is 5.46. The molecule has 0 aliphatic heterocycles. The van der Waals surface area contributed by atoms with Crippen molar-refractivity contribution < 1.29 is 9.90 Å². The smallest absolute Gasteiger partial charge is 0.161 e. The minimum atomic E-state index is -1.15. The molecule has 0 radical (unpaired) electrons. The van der Waals surface area contributed by atoms with E-state index in [0.717, 1.165) is 0 Å². The number of aryl methyl sites for hydroxylation is 1. The summed E-state index contributed by atoms with van der Waals surface area (Å²) in [5.41, 5.74) is 0.999. The fourth-order valence-electron chi connectivity index (χ4n) is 2.14. The predicted octanol–water partition coefficient (Wildman–Crippen LogP) is 1.81. The first kappa shape index (κ1) is 15.7. The van der Waals surface area contributed by atoms with Crippen molar-refractivity contribution in [1.82, 2.24) is 9.78 Å². The number of hydrogen-bond donors (Lipinski definition) is 2. The highest BCUT2D eigenvalue weighted by Gasteiger charge is 2.25. The number of aliphatic hydroxyl groups is 1. The summed E-state index contributed by atoms with van der Waals surface area (Å²) in [6, 6.07) is 6.86. The molecule has 6 heteroatoms. The summed E-state index contributed by atoms with van der Waals surface area (Å²) in [5, 5.41) is 26.6. The molecule has 0 amide bonds. The van der Waals surface area contributed by atoms with Crippen LogP contribution in [0.1, 0.15) is 35.3 Å². The number of aromatic nitrogens is 2. The minimum Gasteiger partial charge on any atom is -0.383 e. The SMILES string of the molecule is CC(=O)c1ccc(C#N)cc1NCC(C)(O)c1cnn(C)c1. The largest absolute Gasteiger partial charge is 0.383 e. The number of ketones is 1. The van der Waals surface area contributed by atoms with Crippen molar-refractivity contribution in [1.29, 1.82) is 5.26 Å². The van der Waals surface area contributed by atoms with Crippen LogP contribution in [0, 0.1) is 11.3 Å². The van der Waals surface area contributed by atoms with Crippen LogP contribution in [0.3, 0.4) is 0 Å². The van der Waals surface area contributed by atoms with E-state index in [1.807, 2.05) is 6.07 Å². The second-order valence-electron chi connectivity index (χ2n) is 5.46. The van der Waals surface area contributed by atoms with Gasteiger partial charge >= 0.3 is 0 Å². The molecule has 22 heavy (non-hydrogen) atoms. The van der Waals surface area contributed by atoms with Gasteiger partial charge in [-0.1, -0.05) is 0 Å². The van der Waals surface area contributed by atoms with Gasteiger partial charge in [0.05, 0.1) is 17.8 Å². The average molecular weight is 298 g/mol. The molecule has 2 N–H and O–H groups in total. The highest BCUT2D eigenvalue weighted by Crippen LogP contribution is 2.23. The van der Waals surface area contributed by atoms with E-state index in [1.165, 1.54) is 6.92 Å². The standard InChI is InChI=1S/C16H18N4O2/c1-11(21)14-5-4-12(7-17)6-15(14)18-10-16(2,22)13-8-19-20(3)9-13/h4-6,8-9,18,22H,10H2,1-3H3. The van der Waals surface area contributed by atoms with E-state index in [-0.39, 0.29) is 12.3 Å². The van der Waals surface area contributed by atoms with E-state index in [2.05, 4.69) is 10.4 Å². The average Bonchev–Trinajstić information content (AvgIpc) is 2.92. The number of nitrogens with one attached hydrogen (secondary N) is 1. The molecule has 0 bridgehead atoms. The van der Waals surface area contributed by atoms with Gasteiger partial charge in [-0.3, -0.25) is 9.48 Å². The van der Waals surface area contributed by atoms with Gasteiger partial charge < -0.3 is 10.4 Å². The van der Waals surface area contributed by atoms with Crippen LogP contribution in [-0.2, 0) is 12.6 Å². The fraction of sp³-hybridized carbons (Fsp3) is 0.312. The third-order valence-corrected chi connectivity index (χ3v) is 3.48. The van der Waals surface area contributed by atoms with Gasteiger partial charge in [-0.15, -0.1) is 0 Å². The number of carbonyl (C=O) groups excluding carboxylic acids is 1. The minimum absolute atomic E-state index is 0.104. The fourth-order valence-corrected chi connectivity index (χ4v) is 2.14. The molecule has 1 atom stereocenters. The maximum absolute atomic E-state index is 11.7. The topological polar surface area (TPSA) is 90.9 Å². The summed E-state index contributed by atoms with van der Waals surface area (Å²) in [6.45, 7) is 3.32. The lowest BCUT2D eigenvalue weighted by molar-refractivity contribution is 0.0713. The number of nitrogens with zero attached hydrogens (tertiary/aromatic N) is 3. The first-order valence-electron chi connectivity index (χ1n) is 6.84. The molecule has 0 saturated heterocycles. The number of anilines is 1. The van der Waals surface area contributed by atoms with Crippen LogP contribution in [0.4, 0.5) is 5.69 Å². The lowest BCUT2D eigenvalue weighted by Crippen LogP contribution is -2.30. The Labute approximate surface area is 129 Å². The summed E-state index contributed by atoms with van der Waals surface area (Å²) in [5.74, 6) is -0.104. The number of hydrogen-bond acceptors (Lipinski definition) is 5. The normalized spacial score (nSPS) is 13.2. The predicted molar refractivity (Wildman–Crippen MR) is 82.4 cm³/mol. The van der Waals surface area contributed by atoms with Gasteiger partial charge in [-0.05, 0) is 32.0 Å². The van der Waals surface area contributed by atoms with E-state index >= 15 is 0 Å². The first-order valence-corrected chi connectivity index (χ1v) is 6.84. The van der Waals surface area contributed by atoms with Gasteiger partial charge in [-0.2, -0.15) is 10.4 Å². The molecule has 0 fully saturated rings. The molecular formula is C16H18N4O2. The molecule has 0 aliphatic carbocycles. The third kappa shape index (κ3) is 3.32. The molecule has 1 aromatic carbocycles. The van der Waals surface area contributed by atoms with E-state index < -0.39 is 5.60 Å². The molecule has 0 aliphatic rings. The lowest BCUT2D eigenvalue weighted by Gasteiger charge is -2.23. The number of Topliss-reactive ketones (excluding diaryl/α,β-unsaturated/α-hetero) is 1. The number of nitriles is 1. The van der Waals surface area contributed by atoms with E-state index in [4.69, 9.17) is 5.26 Å². The summed E-state index contributed by atoms with van der Waals surface area (Å²) in [7, 11) is 1.78. The van der Waals surface area contributed by atoms with E-state index in [1.54, 1.807) is 49.2 Å². The number of carbonyl (C=O) groups is 1. The van der Waals surface area contributed by atoms with Crippen molar-refractivity contribution in [3.8, 4) is 6.07 Å². The zero-order valence-corrected chi connectivity index (χ0v) is 12.8. The number of rotatable bonds is 5. The Morgan fingerprint density at radius 1 is 1.55 bits per heavy atom. The van der Waals surface area contributed by atoms with Crippen LogP contribution in [0.2, 0.25) is 0 Å². The highest BCUT2D eigenvalue weighted by atomic mass is 16.3. The quantitative estimate of drug-likeness (QED) is 0.822. The maximum atomic E-state index is 11.7. The summed E-state index contributed by atoms with van der Waals surface area (Å²) in [4.78, 5) is 11.7. The van der Waals surface area contributed by atoms with Crippen molar-refractivity contribution in [3.05, 3.63) is 47.3 Å². The highest BCUT2D eigenvalue weighted by molar-refractivity contribution is 5.99.